The molecule has 1 saturated heterocycles. The summed E-state index contributed by atoms with van der Waals surface area (Å²) in [6.45, 7) is 4.31. The van der Waals surface area contributed by atoms with Crippen LogP contribution >= 0.6 is 0 Å². The van der Waals surface area contributed by atoms with Gasteiger partial charge in [0.1, 0.15) is 6.04 Å². The third-order valence-electron chi connectivity index (χ3n) is 6.61. The van der Waals surface area contributed by atoms with Gasteiger partial charge in [-0.3, -0.25) is 9.59 Å². The van der Waals surface area contributed by atoms with E-state index in [1.807, 2.05) is 43.3 Å². The standard InChI is InChI=1S/C26H33N3O4S/c1-18-8-11-24(19(2)16-18)34(32,33)29-14-12-21(13-15-29)25(30)28-23(26(31)27-22-9-10-22)17-20-6-4-3-5-7-20/h3-8,11,16,21-23H,9-10,12-15,17H2,1-2H3,(H,27,31)(H,28,30). The quantitative estimate of drug-likeness (QED) is 0.604. The molecule has 2 amide bonds. The molecule has 1 heterocycles. The van der Waals surface area contributed by atoms with Crippen molar-refractivity contribution in [1.29, 1.82) is 0 Å². The number of hydrogen-bond acceptors (Lipinski definition) is 4. The normalized spacial score (nSPS) is 18.3. The molecule has 1 atom stereocenters. The lowest BCUT2D eigenvalue weighted by Gasteiger charge is -2.31. The highest BCUT2D eigenvalue weighted by Crippen LogP contribution is 2.26. The Bertz CT molecular complexity index is 1140. The summed E-state index contributed by atoms with van der Waals surface area (Å²) in [7, 11) is -3.60. The Labute approximate surface area is 202 Å². The summed E-state index contributed by atoms with van der Waals surface area (Å²) in [6, 6.07) is 14.5. The first-order valence-electron chi connectivity index (χ1n) is 12.0. The molecule has 2 aromatic carbocycles. The van der Waals surface area contributed by atoms with Crippen molar-refractivity contribution < 1.29 is 18.0 Å². The molecule has 8 heteroatoms. The maximum atomic E-state index is 13.1. The van der Waals surface area contributed by atoms with E-state index in [1.165, 1.54) is 4.31 Å². The maximum Gasteiger partial charge on any atom is 0.243 e. The van der Waals surface area contributed by atoms with Crippen molar-refractivity contribution in [3.8, 4) is 0 Å². The first kappa shape index (κ1) is 24.4. The van der Waals surface area contributed by atoms with E-state index in [-0.39, 0.29) is 36.9 Å². The number of rotatable bonds is 8. The lowest BCUT2D eigenvalue weighted by atomic mass is 9.96. The molecule has 2 N–H and O–H groups in total. The minimum Gasteiger partial charge on any atom is -0.352 e. The second-order valence-electron chi connectivity index (χ2n) is 9.48. The largest absolute Gasteiger partial charge is 0.352 e. The van der Waals surface area contributed by atoms with Crippen LogP contribution in [0.25, 0.3) is 0 Å². The van der Waals surface area contributed by atoms with Crippen molar-refractivity contribution in [2.75, 3.05) is 13.1 Å². The van der Waals surface area contributed by atoms with Crippen LogP contribution in [-0.4, -0.2) is 49.7 Å². The van der Waals surface area contributed by atoms with E-state index >= 15 is 0 Å². The molecule has 1 aliphatic carbocycles. The lowest BCUT2D eigenvalue weighted by Crippen LogP contribution is -2.51. The number of carbonyl (C=O) groups excluding carboxylic acids is 2. The highest BCUT2D eigenvalue weighted by molar-refractivity contribution is 7.89. The summed E-state index contributed by atoms with van der Waals surface area (Å²) < 4.78 is 27.8. The molecule has 34 heavy (non-hydrogen) atoms. The fourth-order valence-corrected chi connectivity index (χ4v) is 6.14. The molecular formula is C26H33N3O4S. The topological polar surface area (TPSA) is 95.6 Å². The number of aryl methyl sites for hydroxylation is 2. The van der Waals surface area contributed by atoms with E-state index in [2.05, 4.69) is 10.6 Å². The molecular weight excluding hydrogens is 450 g/mol. The molecule has 1 unspecified atom stereocenters. The zero-order valence-corrected chi connectivity index (χ0v) is 20.6. The summed E-state index contributed by atoms with van der Waals surface area (Å²) in [4.78, 5) is 26.2. The number of carbonyl (C=O) groups is 2. The monoisotopic (exact) mass is 483 g/mol. The first-order chi connectivity index (χ1) is 16.2. The third kappa shape index (κ3) is 5.85. The van der Waals surface area contributed by atoms with Crippen molar-refractivity contribution in [3.05, 3.63) is 65.2 Å². The van der Waals surface area contributed by atoms with Gasteiger partial charge in [0, 0.05) is 31.5 Å². The van der Waals surface area contributed by atoms with Crippen LogP contribution in [0.4, 0.5) is 0 Å². The smallest absolute Gasteiger partial charge is 0.243 e. The Morgan fingerprint density at radius 2 is 1.68 bits per heavy atom. The zero-order valence-electron chi connectivity index (χ0n) is 19.8. The molecule has 2 fully saturated rings. The van der Waals surface area contributed by atoms with Crippen LogP contribution in [0.5, 0.6) is 0 Å². The van der Waals surface area contributed by atoms with Gasteiger partial charge in [-0.15, -0.1) is 0 Å². The average Bonchev–Trinajstić information content (AvgIpc) is 3.63. The van der Waals surface area contributed by atoms with Crippen molar-refractivity contribution >= 4 is 21.8 Å². The Balaban J connectivity index is 1.38. The lowest BCUT2D eigenvalue weighted by molar-refractivity contribution is -0.131. The summed E-state index contributed by atoms with van der Waals surface area (Å²) in [5.41, 5.74) is 2.72. The zero-order chi connectivity index (χ0) is 24.3. The van der Waals surface area contributed by atoms with Gasteiger partial charge in [0.05, 0.1) is 4.90 Å². The summed E-state index contributed by atoms with van der Waals surface area (Å²) in [5, 5.41) is 5.95. The molecule has 0 bridgehead atoms. The van der Waals surface area contributed by atoms with Gasteiger partial charge < -0.3 is 10.6 Å². The molecule has 2 aliphatic rings. The van der Waals surface area contributed by atoms with E-state index in [0.29, 0.717) is 24.2 Å². The van der Waals surface area contributed by atoms with Crippen molar-refractivity contribution in [2.45, 2.75) is 62.9 Å². The van der Waals surface area contributed by atoms with Crippen LogP contribution in [-0.2, 0) is 26.0 Å². The number of sulfonamides is 1. The highest BCUT2D eigenvalue weighted by atomic mass is 32.2. The predicted molar refractivity (Wildman–Crippen MR) is 131 cm³/mol. The van der Waals surface area contributed by atoms with E-state index in [1.54, 1.807) is 19.1 Å². The molecule has 4 rings (SSSR count). The van der Waals surface area contributed by atoms with Crippen LogP contribution < -0.4 is 10.6 Å². The number of benzene rings is 2. The van der Waals surface area contributed by atoms with E-state index < -0.39 is 16.1 Å². The number of nitrogens with zero attached hydrogens (tertiary/aromatic N) is 1. The van der Waals surface area contributed by atoms with Crippen LogP contribution in [0.3, 0.4) is 0 Å². The van der Waals surface area contributed by atoms with E-state index in [4.69, 9.17) is 0 Å². The van der Waals surface area contributed by atoms with Gasteiger partial charge >= 0.3 is 0 Å². The summed E-state index contributed by atoms with van der Waals surface area (Å²) >= 11 is 0. The van der Waals surface area contributed by atoms with E-state index in [9.17, 15) is 18.0 Å². The number of piperidine rings is 1. The van der Waals surface area contributed by atoms with Crippen LogP contribution in [0.1, 0.15) is 42.4 Å². The predicted octanol–water partition coefficient (Wildman–Crippen LogP) is 2.71. The summed E-state index contributed by atoms with van der Waals surface area (Å²) in [6.07, 6.45) is 3.23. The number of nitrogens with one attached hydrogen (secondary N) is 2. The molecule has 7 nitrogen and oxygen atoms in total. The molecule has 182 valence electrons. The van der Waals surface area contributed by atoms with Gasteiger partial charge in [-0.05, 0) is 56.7 Å². The second kappa shape index (κ2) is 10.3. The van der Waals surface area contributed by atoms with Gasteiger partial charge in [0.15, 0.2) is 0 Å². The Morgan fingerprint density at radius 1 is 1.00 bits per heavy atom. The number of amides is 2. The van der Waals surface area contributed by atoms with Gasteiger partial charge in [0.2, 0.25) is 21.8 Å². The minimum atomic E-state index is -3.60. The highest BCUT2D eigenvalue weighted by Gasteiger charge is 2.35. The molecule has 0 radical (unpaired) electrons. The SMILES string of the molecule is Cc1ccc(S(=O)(=O)N2CCC(C(=O)NC(Cc3ccccc3)C(=O)NC3CC3)CC2)c(C)c1. The van der Waals surface area contributed by atoms with Crippen LogP contribution in [0.15, 0.2) is 53.4 Å². The van der Waals surface area contributed by atoms with Gasteiger partial charge in [-0.25, -0.2) is 8.42 Å². The van der Waals surface area contributed by atoms with Gasteiger partial charge in [-0.2, -0.15) is 4.31 Å². The molecule has 1 aliphatic heterocycles. The second-order valence-corrected chi connectivity index (χ2v) is 11.4. The fraction of sp³-hybridized carbons (Fsp3) is 0.462. The van der Waals surface area contributed by atoms with Crippen molar-refractivity contribution in [2.24, 2.45) is 5.92 Å². The molecule has 0 spiro atoms. The van der Waals surface area contributed by atoms with Crippen LogP contribution in [0.2, 0.25) is 0 Å². The third-order valence-corrected chi connectivity index (χ3v) is 8.67. The Morgan fingerprint density at radius 3 is 2.29 bits per heavy atom. The Hall–Kier alpha value is -2.71. The first-order valence-corrected chi connectivity index (χ1v) is 13.4. The van der Waals surface area contributed by atoms with Crippen molar-refractivity contribution in [3.63, 3.8) is 0 Å². The Kier molecular flexibility index (Phi) is 7.38. The molecule has 2 aromatic rings. The van der Waals surface area contributed by atoms with Crippen molar-refractivity contribution in [1.82, 2.24) is 14.9 Å². The average molecular weight is 484 g/mol. The maximum absolute atomic E-state index is 13.1. The minimum absolute atomic E-state index is 0.158. The van der Waals surface area contributed by atoms with Crippen LogP contribution in [0, 0.1) is 19.8 Å². The fourth-order valence-electron chi connectivity index (χ4n) is 4.46. The molecule has 0 aromatic heterocycles. The van der Waals surface area contributed by atoms with Gasteiger partial charge in [-0.1, -0.05) is 48.0 Å². The number of hydrogen-bond donors (Lipinski definition) is 2. The molecule has 1 saturated carbocycles. The van der Waals surface area contributed by atoms with Gasteiger partial charge in [0.25, 0.3) is 0 Å². The van der Waals surface area contributed by atoms with E-state index in [0.717, 1.165) is 29.5 Å². The summed E-state index contributed by atoms with van der Waals surface area (Å²) in [5.74, 6) is -0.664.